The third kappa shape index (κ3) is 2.33. The standard InChI is InChI=1S/C12H13N2O2P/c13-9-3-1-5-11(7-9)17(15,16)12-6-2-4-10(14)8-12/h1-8H,13-14H2,(H,15,16). The van der Waals surface area contributed by atoms with Gasteiger partial charge in [-0.2, -0.15) is 0 Å². The molecule has 0 aromatic heterocycles. The highest BCUT2D eigenvalue weighted by Crippen LogP contribution is 2.38. The van der Waals surface area contributed by atoms with Crippen LogP contribution in [0.2, 0.25) is 0 Å². The SMILES string of the molecule is Nc1cccc(P(=O)(O)c2cccc(N)c2)c1. The molecule has 0 aliphatic heterocycles. The highest BCUT2D eigenvalue weighted by atomic mass is 31.2. The van der Waals surface area contributed by atoms with E-state index >= 15 is 0 Å². The summed E-state index contributed by atoms with van der Waals surface area (Å²) in [6, 6.07) is 12.8. The van der Waals surface area contributed by atoms with E-state index in [0.717, 1.165) is 0 Å². The number of hydrogen-bond donors (Lipinski definition) is 3. The minimum Gasteiger partial charge on any atom is -0.399 e. The Balaban J connectivity index is 2.53. The number of rotatable bonds is 2. The van der Waals surface area contributed by atoms with Crippen LogP contribution in [0.3, 0.4) is 0 Å². The largest absolute Gasteiger partial charge is 0.399 e. The van der Waals surface area contributed by atoms with Crippen molar-refractivity contribution in [1.29, 1.82) is 0 Å². The molecule has 4 nitrogen and oxygen atoms in total. The van der Waals surface area contributed by atoms with Crippen molar-refractivity contribution in [3.8, 4) is 0 Å². The van der Waals surface area contributed by atoms with E-state index in [1.807, 2.05) is 0 Å². The molecule has 88 valence electrons. The summed E-state index contributed by atoms with van der Waals surface area (Å²) in [5.74, 6) is 0. The first-order valence-corrected chi connectivity index (χ1v) is 6.71. The first kappa shape index (κ1) is 11.7. The van der Waals surface area contributed by atoms with Gasteiger partial charge >= 0.3 is 0 Å². The van der Waals surface area contributed by atoms with Crippen LogP contribution in [-0.4, -0.2) is 4.89 Å². The van der Waals surface area contributed by atoms with Crippen molar-refractivity contribution in [3.05, 3.63) is 48.5 Å². The first-order valence-electron chi connectivity index (χ1n) is 5.05. The second kappa shape index (κ2) is 4.24. The molecular weight excluding hydrogens is 235 g/mol. The molecule has 2 aromatic carbocycles. The molecule has 5 N–H and O–H groups in total. The lowest BCUT2D eigenvalue weighted by Crippen LogP contribution is -2.16. The molecule has 0 saturated carbocycles. The van der Waals surface area contributed by atoms with Crippen molar-refractivity contribution in [2.75, 3.05) is 11.5 Å². The van der Waals surface area contributed by atoms with Crippen molar-refractivity contribution >= 4 is 29.4 Å². The first-order chi connectivity index (χ1) is 8.00. The summed E-state index contributed by atoms with van der Waals surface area (Å²) < 4.78 is 12.4. The van der Waals surface area contributed by atoms with E-state index in [1.165, 1.54) is 12.1 Å². The van der Waals surface area contributed by atoms with Gasteiger partial charge in [0.15, 0.2) is 0 Å². The van der Waals surface area contributed by atoms with Crippen molar-refractivity contribution in [3.63, 3.8) is 0 Å². The van der Waals surface area contributed by atoms with Crippen LogP contribution in [0, 0.1) is 0 Å². The van der Waals surface area contributed by atoms with Crippen LogP contribution < -0.4 is 22.1 Å². The molecule has 0 fully saturated rings. The fourth-order valence-electron chi connectivity index (χ4n) is 1.58. The Hall–Kier alpha value is -1.77. The molecule has 0 bridgehead atoms. The van der Waals surface area contributed by atoms with Gasteiger partial charge in [0, 0.05) is 22.0 Å². The lowest BCUT2D eigenvalue weighted by atomic mass is 10.3. The number of anilines is 2. The molecule has 0 heterocycles. The predicted molar refractivity (Wildman–Crippen MR) is 70.8 cm³/mol. The summed E-state index contributed by atoms with van der Waals surface area (Å²) in [6.07, 6.45) is 0. The Kier molecular flexibility index (Phi) is 2.92. The van der Waals surface area contributed by atoms with E-state index in [-0.39, 0.29) is 0 Å². The van der Waals surface area contributed by atoms with Gasteiger partial charge in [0.05, 0.1) is 0 Å². The summed E-state index contributed by atoms with van der Waals surface area (Å²) in [5.41, 5.74) is 12.1. The van der Waals surface area contributed by atoms with Crippen LogP contribution in [0.15, 0.2) is 48.5 Å². The monoisotopic (exact) mass is 248 g/mol. The van der Waals surface area contributed by atoms with Crippen LogP contribution in [0.25, 0.3) is 0 Å². The number of hydrogen-bond acceptors (Lipinski definition) is 3. The van der Waals surface area contributed by atoms with E-state index in [0.29, 0.717) is 22.0 Å². The van der Waals surface area contributed by atoms with E-state index in [2.05, 4.69) is 0 Å². The average molecular weight is 248 g/mol. The summed E-state index contributed by atoms with van der Waals surface area (Å²) in [7, 11) is -3.61. The van der Waals surface area contributed by atoms with Gasteiger partial charge in [-0.05, 0) is 36.4 Å². The fourth-order valence-corrected chi connectivity index (χ4v) is 3.10. The van der Waals surface area contributed by atoms with Crippen LogP contribution in [-0.2, 0) is 4.57 Å². The van der Waals surface area contributed by atoms with Gasteiger partial charge in [-0.15, -0.1) is 0 Å². The average Bonchev–Trinajstić information content (AvgIpc) is 2.29. The molecular formula is C12H13N2O2P. The van der Waals surface area contributed by atoms with E-state index in [1.54, 1.807) is 36.4 Å². The van der Waals surface area contributed by atoms with Crippen molar-refractivity contribution in [2.45, 2.75) is 0 Å². The molecule has 0 aliphatic rings. The van der Waals surface area contributed by atoms with E-state index < -0.39 is 7.37 Å². The maximum Gasteiger partial charge on any atom is 0.258 e. The van der Waals surface area contributed by atoms with Crippen LogP contribution >= 0.6 is 7.37 Å². The molecule has 0 amide bonds. The van der Waals surface area contributed by atoms with Gasteiger partial charge in [0.1, 0.15) is 0 Å². The molecule has 2 aromatic rings. The maximum absolute atomic E-state index is 12.4. The third-order valence-corrected chi connectivity index (χ3v) is 4.40. The smallest absolute Gasteiger partial charge is 0.258 e. The molecule has 5 heteroatoms. The van der Waals surface area contributed by atoms with Gasteiger partial charge in [-0.25, -0.2) is 0 Å². The molecule has 0 unspecified atom stereocenters. The van der Waals surface area contributed by atoms with Crippen molar-refractivity contribution in [2.24, 2.45) is 0 Å². The number of nitrogens with two attached hydrogens (primary N) is 2. The van der Waals surface area contributed by atoms with Crippen molar-refractivity contribution < 1.29 is 9.46 Å². The minimum atomic E-state index is -3.61. The van der Waals surface area contributed by atoms with Crippen LogP contribution in [0.5, 0.6) is 0 Å². The molecule has 0 saturated heterocycles. The minimum absolute atomic E-state index is 0.308. The van der Waals surface area contributed by atoms with Crippen LogP contribution in [0.1, 0.15) is 0 Å². The van der Waals surface area contributed by atoms with Crippen LogP contribution in [0.4, 0.5) is 11.4 Å². The molecule has 0 aliphatic carbocycles. The second-order valence-corrected chi connectivity index (χ2v) is 5.95. The van der Waals surface area contributed by atoms with Gasteiger partial charge in [-0.3, -0.25) is 4.57 Å². The van der Waals surface area contributed by atoms with E-state index in [9.17, 15) is 9.46 Å². The molecule has 2 rings (SSSR count). The van der Waals surface area contributed by atoms with E-state index in [4.69, 9.17) is 11.5 Å². The summed E-state index contributed by atoms with van der Waals surface area (Å²) in [5, 5.41) is 0.617. The summed E-state index contributed by atoms with van der Waals surface area (Å²) >= 11 is 0. The van der Waals surface area contributed by atoms with Gasteiger partial charge in [0.2, 0.25) is 0 Å². The Morgan fingerprint density at radius 2 is 1.29 bits per heavy atom. The normalized spacial score (nSPS) is 11.4. The fraction of sp³-hybridized carbons (Fsp3) is 0. The Bertz CT molecular complexity index is 549. The highest BCUT2D eigenvalue weighted by Gasteiger charge is 2.24. The highest BCUT2D eigenvalue weighted by molar-refractivity contribution is 7.73. The zero-order valence-electron chi connectivity index (χ0n) is 9.08. The molecule has 0 radical (unpaired) electrons. The lowest BCUT2D eigenvalue weighted by Gasteiger charge is -2.13. The second-order valence-electron chi connectivity index (χ2n) is 3.77. The Morgan fingerprint density at radius 3 is 1.65 bits per heavy atom. The Labute approximate surface area is 99.3 Å². The zero-order chi connectivity index (χ0) is 12.5. The maximum atomic E-state index is 12.4. The predicted octanol–water partition coefficient (Wildman–Crippen LogP) is 1.07. The van der Waals surface area contributed by atoms with Gasteiger partial charge < -0.3 is 16.4 Å². The quantitative estimate of drug-likeness (QED) is 0.548. The molecule has 17 heavy (non-hydrogen) atoms. The van der Waals surface area contributed by atoms with Crippen molar-refractivity contribution in [1.82, 2.24) is 0 Å². The summed E-state index contributed by atoms with van der Waals surface area (Å²) in [6.45, 7) is 0. The molecule has 0 spiro atoms. The number of benzene rings is 2. The third-order valence-electron chi connectivity index (χ3n) is 2.44. The lowest BCUT2D eigenvalue weighted by molar-refractivity contribution is 0.501. The Morgan fingerprint density at radius 1 is 0.882 bits per heavy atom. The molecule has 0 atom stereocenters. The van der Waals surface area contributed by atoms with Gasteiger partial charge in [-0.1, -0.05) is 12.1 Å². The van der Waals surface area contributed by atoms with Gasteiger partial charge in [0.25, 0.3) is 7.37 Å². The summed E-state index contributed by atoms with van der Waals surface area (Å²) in [4.78, 5) is 10.2. The number of nitrogen functional groups attached to an aromatic ring is 2. The topological polar surface area (TPSA) is 89.3 Å². The zero-order valence-corrected chi connectivity index (χ0v) is 9.97.